The van der Waals surface area contributed by atoms with Gasteiger partial charge in [-0.3, -0.25) is 9.59 Å². The Morgan fingerprint density at radius 3 is 2.48 bits per heavy atom. The van der Waals surface area contributed by atoms with Crippen LogP contribution >= 0.6 is 15.9 Å². The number of nitrogens with one attached hydrogen (secondary N) is 2. The van der Waals surface area contributed by atoms with Gasteiger partial charge in [0.05, 0.1) is 5.56 Å². The summed E-state index contributed by atoms with van der Waals surface area (Å²) in [5, 5.41) is 7.13. The van der Waals surface area contributed by atoms with E-state index < -0.39 is 0 Å². The van der Waals surface area contributed by atoms with Crippen LogP contribution in [0.5, 0.6) is 0 Å². The first kappa shape index (κ1) is 19.3. The van der Waals surface area contributed by atoms with Gasteiger partial charge >= 0.3 is 0 Å². The molecule has 1 saturated carbocycles. The molecule has 0 aliphatic heterocycles. The van der Waals surface area contributed by atoms with Crippen molar-refractivity contribution in [2.45, 2.75) is 32.6 Å². The molecule has 27 heavy (non-hydrogen) atoms. The molecule has 140 valence electrons. The second kappa shape index (κ2) is 8.95. The van der Waals surface area contributed by atoms with E-state index in [1.165, 1.54) is 6.42 Å². The van der Waals surface area contributed by atoms with Crippen molar-refractivity contribution in [2.75, 3.05) is 5.32 Å². The van der Waals surface area contributed by atoms with E-state index in [9.17, 15) is 9.59 Å². The van der Waals surface area contributed by atoms with Crippen LogP contribution < -0.4 is 10.7 Å². The average molecular weight is 428 g/mol. The Balaban J connectivity index is 1.61. The van der Waals surface area contributed by atoms with Crippen LogP contribution in [0.15, 0.2) is 58.1 Å². The third-order valence-corrected chi connectivity index (χ3v) is 5.40. The highest BCUT2D eigenvalue weighted by Gasteiger charge is 2.16. The predicted molar refractivity (Wildman–Crippen MR) is 111 cm³/mol. The predicted octanol–water partition coefficient (Wildman–Crippen LogP) is 5.00. The lowest BCUT2D eigenvalue weighted by atomic mass is 9.89. The number of benzene rings is 2. The van der Waals surface area contributed by atoms with E-state index in [1.54, 1.807) is 30.3 Å². The zero-order chi connectivity index (χ0) is 19.2. The first-order valence-electron chi connectivity index (χ1n) is 9.07. The summed E-state index contributed by atoms with van der Waals surface area (Å²) in [7, 11) is 0. The van der Waals surface area contributed by atoms with E-state index in [-0.39, 0.29) is 11.8 Å². The number of amides is 2. The SMILES string of the molecule is CC1CCCCC1=NNC(=O)c1ccc(NC(=O)c2ccccc2Br)cc1. The van der Waals surface area contributed by atoms with Crippen molar-refractivity contribution in [3.05, 3.63) is 64.1 Å². The molecule has 2 N–H and O–H groups in total. The van der Waals surface area contributed by atoms with Gasteiger partial charge in [0.25, 0.3) is 11.8 Å². The third-order valence-electron chi connectivity index (χ3n) is 4.71. The maximum Gasteiger partial charge on any atom is 0.271 e. The molecule has 2 aromatic carbocycles. The summed E-state index contributed by atoms with van der Waals surface area (Å²) in [4.78, 5) is 24.6. The van der Waals surface area contributed by atoms with E-state index in [0.717, 1.165) is 29.4 Å². The van der Waals surface area contributed by atoms with Crippen molar-refractivity contribution in [2.24, 2.45) is 11.0 Å². The minimum Gasteiger partial charge on any atom is -0.322 e. The first-order valence-corrected chi connectivity index (χ1v) is 9.86. The highest BCUT2D eigenvalue weighted by Crippen LogP contribution is 2.21. The number of hydrazone groups is 1. The van der Waals surface area contributed by atoms with Crippen molar-refractivity contribution in [1.29, 1.82) is 0 Å². The Bertz CT molecular complexity index is 862. The van der Waals surface area contributed by atoms with E-state index in [4.69, 9.17) is 0 Å². The highest BCUT2D eigenvalue weighted by molar-refractivity contribution is 9.10. The molecule has 3 rings (SSSR count). The molecule has 2 amide bonds. The fourth-order valence-electron chi connectivity index (χ4n) is 3.07. The smallest absolute Gasteiger partial charge is 0.271 e. The fraction of sp³-hybridized carbons (Fsp3) is 0.286. The number of halogens is 1. The van der Waals surface area contributed by atoms with E-state index in [1.807, 2.05) is 18.2 Å². The summed E-state index contributed by atoms with van der Waals surface area (Å²) in [6, 6.07) is 14.0. The lowest BCUT2D eigenvalue weighted by Gasteiger charge is -2.19. The summed E-state index contributed by atoms with van der Waals surface area (Å²) in [5.41, 5.74) is 5.39. The average Bonchev–Trinajstić information content (AvgIpc) is 2.68. The molecule has 1 aliphatic carbocycles. The molecule has 1 fully saturated rings. The summed E-state index contributed by atoms with van der Waals surface area (Å²) in [6.07, 6.45) is 4.42. The molecule has 0 aromatic heterocycles. The minimum absolute atomic E-state index is 0.211. The van der Waals surface area contributed by atoms with Crippen LogP contribution in [-0.4, -0.2) is 17.5 Å². The van der Waals surface area contributed by atoms with Crippen molar-refractivity contribution >= 4 is 39.1 Å². The van der Waals surface area contributed by atoms with Gasteiger partial charge in [0.2, 0.25) is 0 Å². The molecular weight excluding hydrogens is 406 g/mol. The number of carbonyl (C=O) groups is 2. The lowest BCUT2D eigenvalue weighted by molar-refractivity contribution is 0.0953. The lowest BCUT2D eigenvalue weighted by Crippen LogP contribution is -2.24. The van der Waals surface area contributed by atoms with Crippen molar-refractivity contribution < 1.29 is 9.59 Å². The molecule has 0 spiro atoms. The fourth-order valence-corrected chi connectivity index (χ4v) is 3.54. The maximum absolute atomic E-state index is 12.3. The van der Waals surface area contributed by atoms with Gasteiger partial charge in [0, 0.05) is 21.4 Å². The molecule has 5 nitrogen and oxygen atoms in total. The van der Waals surface area contributed by atoms with Gasteiger partial charge in [0.1, 0.15) is 0 Å². The molecule has 1 unspecified atom stereocenters. The Kier molecular flexibility index (Phi) is 6.40. The van der Waals surface area contributed by atoms with Crippen LogP contribution in [0.4, 0.5) is 5.69 Å². The number of anilines is 1. The Labute approximate surface area is 167 Å². The number of carbonyl (C=O) groups excluding carboxylic acids is 2. The zero-order valence-corrected chi connectivity index (χ0v) is 16.8. The topological polar surface area (TPSA) is 70.6 Å². The summed E-state index contributed by atoms with van der Waals surface area (Å²) >= 11 is 3.37. The highest BCUT2D eigenvalue weighted by atomic mass is 79.9. The maximum atomic E-state index is 12.3. The molecule has 1 atom stereocenters. The van der Waals surface area contributed by atoms with Crippen molar-refractivity contribution in [3.8, 4) is 0 Å². The van der Waals surface area contributed by atoms with Gasteiger partial charge in [-0.1, -0.05) is 25.5 Å². The molecule has 1 aliphatic rings. The number of hydrogen-bond donors (Lipinski definition) is 2. The van der Waals surface area contributed by atoms with Crippen LogP contribution in [0.2, 0.25) is 0 Å². The van der Waals surface area contributed by atoms with Gasteiger partial charge in [-0.2, -0.15) is 5.10 Å². The number of nitrogens with zero attached hydrogens (tertiary/aromatic N) is 1. The number of rotatable bonds is 4. The van der Waals surface area contributed by atoms with Crippen LogP contribution in [-0.2, 0) is 0 Å². The van der Waals surface area contributed by atoms with Gasteiger partial charge in [-0.05, 0) is 77.5 Å². The van der Waals surface area contributed by atoms with Crippen LogP contribution in [0.1, 0.15) is 53.3 Å². The monoisotopic (exact) mass is 427 g/mol. The van der Waals surface area contributed by atoms with Crippen LogP contribution in [0.3, 0.4) is 0 Å². The van der Waals surface area contributed by atoms with Crippen LogP contribution in [0.25, 0.3) is 0 Å². The van der Waals surface area contributed by atoms with E-state index >= 15 is 0 Å². The second-order valence-corrected chi connectivity index (χ2v) is 7.56. The summed E-state index contributed by atoms with van der Waals surface area (Å²) in [6.45, 7) is 2.15. The molecule has 6 heteroatoms. The molecule has 2 aromatic rings. The standard InChI is InChI=1S/C21H22BrN3O2/c1-14-6-2-5-9-19(14)24-25-20(26)15-10-12-16(13-11-15)23-21(27)17-7-3-4-8-18(17)22/h3-4,7-8,10-14H,2,5-6,9H2,1H3,(H,23,27)(H,25,26). The molecule has 0 heterocycles. The van der Waals surface area contributed by atoms with Gasteiger partial charge < -0.3 is 5.32 Å². The van der Waals surface area contributed by atoms with Crippen molar-refractivity contribution in [3.63, 3.8) is 0 Å². The van der Waals surface area contributed by atoms with Gasteiger partial charge in [0.15, 0.2) is 0 Å². The van der Waals surface area contributed by atoms with Crippen molar-refractivity contribution in [1.82, 2.24) is 5.43 Å². The Morgan fingerprint density at radius 1 is 1.04 bits per heavy atom. The van der Waals surface area contributed by atoms with Gasteiger partial charge in [-0.15, -0.1) is 0 Å². The summed E-state index contributed by atoms with van der Waals surface area (Å²) < 4.78 is 0.731. The number of hydrogen-bond acceptors (Lipinski definition) is 3. The van der Waals surface area contributed by atoms with Crippen LogP contribution in [0, 0.1) is 5.92 Å². The molecule has 0 radical (unpaired) electrons. The minimum atomic E-state index is -0.246. The quantitative estimate of drug-likeness (QED) is 0.673. The first-order chi connectivity index (χ1) is 13.0. The zero-order valence-electron chi connectivity index (χ0n) is 15.2. The molecule has 0 bridgehead atoms. The molecule has 0 saturated heterocycles. The molecular formula is C21H22BrN3O2. The second-order valence-electron chi connectivity index (χ2n) is 6.70. The van der Waals surface area contributed by atoms with Gasteiger partial charge in [-0.25, -0.2) is 5.43 Å². The third kappa shape index (κ3) is 5.04. The normalized spacial score (nSPS) is 18.1. The Morgan fingerprint density at radius 2 is 1.78 bits per heavy atom. The summed E-state index contributed by atoms with van der Waals surface area (Å²) in [5.74, 6) is -0.0322. The Hall–Kier alpha value is -2.47. The van der Waals surface area contributed by atoms with E-state index in [2.05, 4.69) is 38.7 Å². The van der Waals surface area contributed by atoms with E-state index in [0.29, 0.717) is 22.7 Å². The largest absolute Gasteiger partial charge is 0.322 e.